The third-order valence-electron chi connectivity index (χ3n) is 7.22. The van der Waals surface area contributed by atoms with Crippen molar-refractivity contribution in [1.82, 2.24) is 4.98 Å². The van der Waals surface area contributed by atoms with Crippen molar-refractivity contribution in [2.45, 2.75) is 44.9 Å². The van der Waals surface area contributed by atoms with Crippen LogP contribution in [-0.2, 0) is 20.0 Å². The minimum absolute atomic E-state index is 0.240. The molecule has 1 aromatic heterocycles. The molecular formula is C29H32N2O4S. The van der Waals surface area contributed by atoms with Gasteiger partial charge >= 0.3 is 0 Å². The van der Waals surface area contributed by atoms with Crippen molar-refractivity contribution >= 4 is 21.4 Å². The maximum Gasteiger partial charge on any atom is 0.266 e. The van der Waals surface area contributed by atoms with Crippen molar-refractivity contribution in [2.75, 3.05) is 23.6 Å². The molecule has 7 heteroatoms. The van der Waals surface area contributed by atoms with E-state index in [9.17, 15) is 13.2 Å². The van der Waals surface area contributed by atoms with Crippen LogP contribution in [0.5, 0.6) is 5.88 Å². The van der Waals surface area contributed by atoms with Gasteiger partial charge in [-0.2, -0.15) is 0 Å². The number of aromatic nitrogens is 1. The van der Waals surface area contributed by atoms with E-state index in [2.05, 4.69) is 38.1 Å². The summed E-state index contributed by atoms with van der Waals surface area (Å²) >= 11 is 0. The lowest BCUT2D eigenvalue weighted by Crippen LogP contribution is -2.42. The van der Waals surface area contributed by atoms with Crippen molar-refractivity contribution in [2.24, 2.45) is 5.92 Å². The molecule has 1 aliphatic carbocycles. The van der Waals surface area contributed by atoms with Crippen molar-refractivity contribution in [3.63, 3.8) is 0 Å². The molecule has 1 saturated carbocycles. The standard InChI is InChI=1S/C29H32N2O4S/c1-20(2)17-29(14-7-15-29)23-12-10-22(11-13-23)27-24(21-8-5-4-6-9-21)16-25-28(30-27)35-18-26(32)31(25)19-36(3,33)34/h4-6,8-13,16,20H,7,14-15,17-19H2,1-3H3. The Balaban J connectivity index is 1.61. The highest BCUT2D eigenvalue weighted by molar-refractivity contribution is 7.90. The Morgan fingerprint density at radius 3 is 2.31 bits per heavy atom. The Morgan fingerprint density at radius 1 is 1.03 bits per heavy atom. The predicted octanol–water partition coefficient (Wildman–Crippen LogP) is 5.61. The number of pyridine rings is 1. The van der Waals surface area contributed by atoms with E-state index in [1.54, 1.807) is 0 Å². The van der Waals surface area contributed by atoms with E-state index in [0.717, 1.165) is 28.6 Å². The van der Waals surface area contributed by atoms with Gasteiger partial charge in [-0.25, -0.2) is 13.4 Å². The highest BCUT2D eigenvalue weighted by atomic mass is 32.2. The minimum atomic E-state index is -3.44. The van der Waals surface area contributed by atoms with Crippen LogP contribution in [0.1, 0.15) is 45.1 Å². The second kappa shape index (κ2) is 9.36. The van der Waals surface area contributed by atoms with Gasteiger partial charge in [0.2, 0.25) is 5.88 Å². The quantitative estimate of drug-likeness (QED) is 0.418. The number of rotatable bonds is 7. The fourth-order valence-corrected chi connectivity index (χ4v) is 6.29. The maximum absolute atomic E-state index is 12.6. The molecule has 36 heavy (non-hydrogen) atoms. The van der Waals surface area contributed by atoms with Gasteiger partial charge in [-0.05, 0) is 47.8 Å². The first-order valence-corrected chi connectivity index (χ1v) is 14.5. The molecule has 3 aromatic rings. The number of hydrogen-bond acceptors (Lipinski definition) is 5. The van der Waals surface area contributed by atoms with Crippen LogP contribution in [-0.4, -0.2) is 38.0 Å². The molecule has 0 saturated heterocycles. The molecule has 188 valence electrons. The minimum Gasteiger partial charge on any atom is -0.466 e. The summed E-state index contributed by atoms with van der Waals surface area (Å²) in [5.41, 5.74) is 5.47. The second-order valence-corrected chi connectivity index (χ2v) is 12.7. The van der Waals surface area contributed by atoms with Crippen LogP contribution >= 0.6 is 0 Å². The molecule has 5 rings (SSSR count). The normalized spacial score (nSPS) is 16.9. The maximum atomic E-state index is 12.6. The average Bonchev–Trinajstić information content (AvgIpc) is 2.82. The Kier molecular flexibility index (Phi) is 6.37. The average molecular weight is 505 g/mol. The molecule has 0 spiro atoms. The first-order valence-electron chi connectivity index (χ1n) is 12.5. The van der Waals surface area contributed by atoms with E-state index in [-0.39, 0.29) is 17.9 Å². The number of amides is 1. The molecule has 1 aliphatic heterocycles. The van der Waals surface area contributed by atoms with Gasteiger partial charge in [0.05, 0.1) is 5.69 Å². The number of hydrogen-bond donors (Lipinski definition) is 0. The number of carbonyl (C=O) groups is 1. The zero-order valence-electron chi connectivity index (χ0n) is 21.0. The summed E-state index contributed by atoms with van der Waals surface area (Å²) in [5.74, 6) is 0.102. The summed E-state index contributed by atoms with van der Waals surface area (Å²) in [6.07, 6.45) is 6.05. The van der Waals surface area contributed by atoms with Crippen LogP contribution in [0.15, 0.2) is 60.7 Å². The lowest BCUT2D eigenvalue weighted by Gasteiger charge is -2.44. The Hall–Kier alpha value is -3.19. The molecule has 0 bridgehead atoms. The number of nitrogens with zero attached hydrogens (tertiary/aromatic N) is 2. The Morgan fingerprint density at radius 2 is 1.72 bits per heavy atom. The van der Waals surface area contributed by atoms with Gasteiger partial charge in [-0.15, -0.1) is 0 Å². The third-order valence-corrected chi connectivity index (χ3v) is 7.95. The number of sulfone groups is 1. The van der Waals surface area contributed by atoms with Gasteiger partial charge in [-0.1, -0.05) is 74.9 Å². The van der Waals surface area contributed by atoms with Gasteiger partial charge in [0.25, 0.3) is 5.91 Å². The van der Waals surface area contributed by atoms with E-state index in [4.69, 9.17) is 9.72 Å². The third kappa shape index (κ3) is 4.76. The summed E-state index contributed by atoms with van der Waals surface area (Å²) in [7, 11) is -3.44. The molecule has 0 unspecified atom stereocenters. The van der Waals surface area contributed by atoms with Crippen molar-refractivity contribution in [3.8, 4) is 28.3 Å². The Bertz CT molecular complexity index is 1380. The summed E-state index contributed by atoms with van der Waals surface area (Å²) in [5, 5.41) is 0. The van der Waals surface area contributed by atoms with Gasteiger partial charge in [0, 0.05) is 17.4 Å². The lowest BCUT2D eigenvalue weighted by atomic mass is 9.61. The van der Waals surface area contributed by atoms with Crippen LogP contribution in [0.3, 0.4) is 0 Å². The fourth-order valence-electron chi connectivity index (χ4n) is 5.54. The smallest absolute Gasteiger partial charge is 0.266 e. The van der Waals surface area contributed by atoms with Crippen LogP contribution < -0.4 is 9.64 Å². The molecule has 2 heterocycles. The zero-order chi connectivity index (χ0) is 25.5. The number of anilines is 1. The molecule has 0 atom stereocenters. The second-order valence-electron chi connectivity index (χ2n) is 10.5. The predicted molar refractivity (Wildman–Crippen MR) is 143 cm³/mol. The molecule has 0 N–H and O–H groups in total. The molecule has 1 fully saturated rings. The van der Waals surface area contributed by atoms with Crippen molar-refractivity contribution < 1.29 is 17.9 Å². The topological polar surface area (TPSA) is 76.6 Å². The van der Waals surface area contributed by atoms with Gasteiger partial charge < -0.3 is 4.74 Å². The zero-order valence-corrected chi connectivity index (χ0v) is 21.8. The fraction of sp³-hybridized carbons (Fsp3) is 0.379. The van der Waals surface area contributed by atoms with E-state index in [0.29, 0.717) is 11.6 Å². The van der Waals surface area contributed by atoms with E-state index in [1.807, 2.05) is 36.4 Å². The largest absolute Gasteiger partial charge is 0.466 e. The molecule has 1 amide bonds. The molecule has 2 aromatic carbocycles. The highest BCUT2D eigenvalue weighted by Crippen LogP contribution is 2.49. The first kappa shape index (κ1) is 24.5. The first-order chi connectivity index (χ1) is 17.2. The molecule has 6 nitrogen and oxygen atoms in total. The van der Waals surface area contributed by atoms with Crippen molar-refractivity contribution in [3.05, 3.63) is 66.2 Å². The number of ether oxygens (including phenoxy) is 1. The molecule has 0 radical (unpaired) electrons. The summed E-state index contributed by atoms with van der Waals surface area (Å²) in [6, 6.07) is 20.3. The number of fused-ring (bicyclic) bond motifs is 1. The monoisotopic (exact) mass is 504 g/mol. The van der Waals surface area contributed by atoms with E-state index in [1.165, 1.54) is 36.1 Å². The van der Waals surface area contributed by atoms with Gasteiger partial charge in [-0.3, -0.25) is 9.69 Å². The van der Waals surface area contributed by atoms with Gasteiger partial charge in [0.15, 0.2) is 16.4 Å². The summed E-state index contributed by atoms with van der Waals surface area (Å²) in [4.78, 5) is 18.7. The van der Waals surface area contributed by atoms with Crippen LogP contribution in [0.4, 0.5) is 5.69 Å². The number of carbonyl (C=O) groups excluding carboxylic acids is 1. The molecule has 2 aliphatic rings. The summed E-state index contributed by atoms with van der Waals surface area (Å²) in [6.45, 7) is 4.33. The SMILES string of the molecule is CC(C)CC1(c2ccc(-c3nc4c(cc3-c3ccccc3)N(CS(C)(=O)=O)C(=O)CO4)cc2)CCC1. The van der Waals surface area contributed by atoms with Crippen molar-refractivity contribution in [1.29, 1.82) is 0 Å². The van der Waals surface area contributed by atoms with Crippen LogP contribution in [0.25, 0.3) is 22.4 Å². The highest BCUT2D eigenvalue weighted by Gasteiger charge is 2.39. The number of benzene rings is 2. The molecular weight excluding hydrogens is 472 g/mol. The van der Waals surface area contributed by atoms with Crippen LogP contribution in [0.2, 0.25) is 0 Å². The Labute approximate surface area is 213 Å². The summed E-state index contributed by atoms with van der Waals surface area (Å²) < 4.78 is 29.8. The van der Waals surface area contributed by atoms with E-state index < -0.39 is 21.6 Å². The van der Waals surface area contributed by atoms with Gasteiger partial charge in [0.1, 0.15) is 11.6 Å². The van der Waals surface area contributed by atoms with E-state index >= 15 is 0 Å². The van der Waals surface area contributed by atoms with Crippen LogP contribution in [0, 0.1) is 5.92 Å². The lowest BCUT2D eigenvalue weighted by molar-refractivity contribution is -0.121.